The second kappa shape index (κ2) is 5.48. The normalized spacial score (nSPS) is 10.5. The third-order valence-corrected chi connectivity index (χ3v) is 3.89. The monoisotopic (exact) mass is 263 g/mol. The number of aryl methyl sites for hydroxylation is 1. The first kappa shape index (κ1) is 12.3. The summed E-state index contributed by atoms with van der Waals surface area (Å²) in [6.45, 7) is 2.05. The predicted octanol–water partition coefficient (Wildman–Crippen LogP) is 4.52. The summed E-state index contributed by atoms with van der Waals surface area (Å²) in [5, 5.41) is 0.772. The Morgan fingerprint density at radius 3 is 2.47 bits per heavy atom. The van der Waals surface area contributed by atoms with Crippen LogP contribution in [0, 0.1) is 6.92 Å². The average molecular weight is 264 g/mol. The van der Waals surface area contributed by atoms with Crippen molar-refractivity contribution in [2.24, 2.45) is 0 Å². The maximum absolute atomic E-state index is 5.97. The van der Waals surface area contributed by atoms with E-state index in [9.17, 15) is 0 Å². The van der Waals surface area contributed by atoms with Gasteiger partial charge in [0.05, 0.1) is 0 Å². The molecule has 0 saturated carbocycles. The van der Waals surface area contributed by atoms with Crippen LogP contribution in [-0.2, 0) is 5.75 Å². The van der Waals surface area contributed by atoms with Crippen LogP contribution in [0.5, 0.6) is 0 Å². The van der Waals surface area contributed by atoms with E-state index in [1.807, 2.05) is 37.3 Å². The Kier molecular flexibility index (Phi) is 3.97. The zero-order valence-corrected chi connectivity index (χ0v) is 11.2. The number of hydrogen-bond donors (Lipinski definition) is 1. The first-order chi connectivity index (χ1) is 8.15. The van der Waals surface area contributed by atoms with Crippen LogP contribution < -0.4 is 5.73 Å². The van der Waals surface area contributed by atoms with E-state index < -0.39 is 0 Å². The molecule has 88 valence electrons. The summed E-state index contributed by atoms with van der Waals surface area (Å²) < 4.78 is 0. The van der Waals surface area contributed by atoms with Crippen molar-refractivity contribution in [3.05, 3.63) is 58.6 Å². The van der Waals surface area contributed by atoms with Gasteiger partial charge in [-0.3, -0.25) is 0 Å². The second-order valence-corrected chi connectivity index (χ2v) is 5.41. The number of rotatable bonds is 3. The highest BCUT2D eigenvalue weighted by Crippen LogP contribution is 2.29. The van der Waals surface area contributed by atoms with E-state index in [1.54, 1.807) is 11.8 Å². The molecule has 0 fully saturated rings. The van der Waals surface area contributed by atoms with E-state index in [0.29, 0.717) is 0 Å². The highest BCUT2D eigenvalue weighted by molar-refractivity contribution is 7.98. The predicted molar refractivity (Wildman–Crippen MR) is 76.6 cm³/mol. The largest absolute Gasteiger partial charge is 0.398 e. The number of halogens is 1. The molecule has 17 heavy (non-hydrogen) atoms. The molecule has 0 unspecified atom stereocenters. The lowest BCUT2D eigenvalue weighted by Crippen LogP contribution is -1.90. The molecule has 0 radical (unpaired) electrons. The maximum Gasteiger partial charge on any atom is 0.0454 e. The van der Waals surface area contributed by atoms with Crippen LogP contribution in [0.1, 0.15) is 11.1 Å². The third-order valence-electron chi connectivity index (χ3n) is 2.47. The summed E-state index contributed by atoms with van der Waals surface area (Å²) >= 11 is 7.59. The Morgan fingerprint density at radius 2 is 1.82 bits per heavy atom. The van der Waals surface area contributed by atoms with Crippen molar-refractivity contribution >= 4 is 29.1 Å². The van der Waals surface area contributed by atoms with Gasteiger partial charge in [-0.2, -0.15) is 0 Å². The van der Waals surface area contributed by atoms with Crippen LogP contribution in [-0.4, -0.2) is 0 Å². The van der Waals surface area contributed by atoms with E-state index in [0.717, 1.165) is 21.4 Å². The molecule has 2 aromatic carbocycles. The molecule has 0 heterocycles. The minimum Gasteiger partial charge on any atom is -0.398 e. The van der Waals surface area contributed by atoms with Gasteiger partial charge in [-0.15, -0.1) is 11.8 Å². The standard InChI is InChI=1S/C14H14ClNS/c1-10-2-7-14(13(16)8-10)17-9-11-3-5-12(15)6-4-11/h2-8H,9,16H2,1H3. The molecule has 0 aliphatic rings. The van der Waals surface area contributed by atoms with E-state index in [2.05, 4.69) is 12.1 Å². The molecular formula is C14H14ClNS. The Labute approximate surface area is 111 Å². The van der Waals surface area contributed by atoms with Gasteiger partial charge in [0, 0.05) is 21.4 Å². The van der Waals surface area contributed by atoms with Gasteiger partial charge < -0.3 is 5.73 Å². The molecule has 0 atom stereocenters. The smallest absolute Gasteiger partial charge is 0.0454 e. The van der Waals surface area contributed by atoms with Gasteiger partial charge in [-0.1, -0.05) is 29.8 Å². The minimum absolute atomic E-state index is 0.772. The van der Waals surface area contributed by atoms with Gasteiger partial charge in [0.2, 0.25) is 0 Å². The first-order valence-electron chi connectivity index (χ1n) is 5.38. The fraction of sp³-hybridized carbons (Fsp3) is 0.143. The average Bonchev–Trinajstić information content (AvgIpc) is 2.30. The lowest BCUT2D eigenvalue weighted by molar-refractivity contribution is 1.35. The summed E-state index contributed by atoms with van der Waals surface area (Å²) in [6, 6.07) is 14.1. The summed E-state index contributed by atoms with van der Waals surface area (Å²) in [5.74, 6) is 0.907. The summed E-state index contributed by atoms with van der Waals surface area (Å²) in [7, 11) is 0. The van der Waals surface area contributed by atoms with E-state index >= 15 is 0 Å². The number of thioether (sulfide) groups is 1. The van der Waals surface area contributed by atoms with Crippen LogP contribution in [0.25, 0.3) is 0 Å². The van der Waals surface area contributed by atoms with Crippen LogP contribution in [0.3, 0.4) is 0 Å². The molecule has 1 nitrogen and oxygen atoms in total. The summed E-state index contributed by atoms with van der Waals surface area (Å²) in [6.07, 6.45) is 0. The third kappa shape index (κ3) is 3.42. The van der Waals surface area contributed by atoms with Crippen molar-refractivity contribution < 1.29 is 0 Å². The van der Waals surface area contributed by atoms with Crippen LogP contribution >= 0.6 is 23.4 Å². The topological polar surface area (TPSA) is 26.0 Å². The van der Waals surface area contributed by atoms with Crippen molar-refractivity contribution in [3.8, 4) is 0 Å². The van der Waals surface area contributed by atoms with Crippen molar-refractivity contribution in [1.82, 2.24) is 0 Å². The van der Waals surface area contributed by atoms with Gasteiger partial charge in [-0.05, 0) is 42.3 Å². The van der Waals surface area contributed by atoms with Crippen molar-refractivity contribution in [2.75, 3.05) is 5.73 Å². The molecule has 0 spiro atoms. The Morgan fingerprint density at radius 1 is 1.12 bits per heavy atom. The first-order valence-corrected chi connectivity index (χ1v) is 6.75. The quantitative estimate of drug-likeness (QED) is 0.651. The molecule has 0 saturated heterocycles. The van der Waals surface area contributed by atoms with Crippen molar-refractivity contribution in [3.63, 3.8) is 0 Å². The molecule has 0 amide bonds. The SMILES string of the molecule is Cc1ccc(SCc2ccc(Cl)cc2)c(N)c1. The molecular weight excluding hydrogens is 250 g/mol. The number of nitrogen functional groups attached to an aromatic ring is 1. The highest BCUT2D eigenvalue weighted by atomic mass is 35.5. The maximum atomic E-state index is 5.97. The molecule has 3 heteroatoms. The highest BCUT2D eigenvalue weighted by Gasteiger charge is 2.01. The van der Waals surface area contributed by atoms with Gasteiger partial charge in [0.15, 0.2) is 0 Å². The van der Waals surface area contributed by atoms with Gasteiger partial charge >= 0.3 is 0 Å². The van der Waals surface area contributed by atoms with E-state index in [1.165, 1.54) is 11.1 Å². The molecule has 2 N–H and O–H groups in total. The van der Waals surface area contributed by atoms with Crippen LogP contribution in [0.15, 0.2) is 47.4 Å². The van der Waals surface area contributed by atoms with E-state index in [-0.39, 0.29) is 0 Å². The molecule has 0 aliphatic carbocycles. The second-order valence-electron chi connectivity index (χ2n) is 3.96. The fourth-order valence-electron chi connectivity index (χ4n) is 1.54. The van der Waals surface area contributed by atoms with Crippen LogP contribution in [0.4, 0.5) is 5.69 Å². The summed E-state index contributed by atoms with van der Waals surface area (Å²) in [5.41, 5.74) is 9.26. The zero-order chi connectivity index (χ0) is 12.3. The van der Waals surface area contributed by atoms with Crippen molar-refractivity contribution in [2.45, 2.75) is 17.6 Å². The number of hydrogen-bond acceptors (Lipinski definition) is 2. The fourth-order valence-corrected chi connectivity index (χ4v) is 2.57. The van der Waals surface area contributed by atoms with Gasteiger partial charge in [0.25, 0.3) is 0 Å². The lowest BCUT2D eigenvalue weighted by Gasteiger charge is -2.06. The number of benzene rings is 2. The number of nitrogens with two attached hydrogens (primary N) is 1. The summed E-state index contributed by atoms with van der Waals surface area (Å²) in [4.78, 5) is 1.13. The molecule has 2 aromatic rings. The van der Waals surface area contributed by atoms with Gasteiger partial charge in [-0.25, -0.2) is 0 Å². The van der Waals surface area contributed by atoms with Gasteiger partial charge in [0.1, 0.15) is 0 Å². The molecule has 0 aliphatic heterocycles. The molecule has 0 aromatic heterocycles. The van der Waals surface area contributed by atoms with Crippen LogP contribution in [0.2, 0.25) is 5.02 Å². The Hall–Kier alpha value is -1.12. The van der Waals surface area contributed by atoms with Crippen molar-refractivity contribution in [1.29, 1.82) is 0 Å². The lowest BCUT2D eigenvalue weighted by atomic mass is 10.2. The zero-order valence-electron chi connectivity index (χ0n) is 9.61. The molecule has 0 bridgehead atoms. The number of anilines is 1. The molecule has 2 rings (SSSR count). The Balaban J connectivity index is 2.04. The Bertz CT molecular complexity index is 508. The minimum atomic E-state index is 0.772. The van der Waals surface area contributed by atoms with E-state index in [4.69, 9.17) is 17.3 Å².